The summed E-state index contributed by atoms with van der Waals surface area (Å²) in [6.07, 6.45) is 0. The van der Waals surface area contributed by atoms with Crippen LogP contribution in [-0.4, -0.2) is 25.1 Å². The fourth-order valence-electron chi connectivity index (χ4n) is 2.56. The highest BCUT2D eigenvalue weighted by molar-refractivity contribution is 6.28. The number of urea groups is 1. The first kappa shape index (κ1) is 14.1. The van der Waals surface area contributed by atoms with E-state index in [1.165, 1.54) is 9.80 Å². The van der Waals surface area contributed by atoms with Crippen LogP contribution in [0.25, 0.3) is 0 Å². The Hall–Kier alpha value is -2.82. The summed E-state index contributed by atoms with van der Waals surface area (Å²) >= 11 is 0. The molecule has 0 radical (unpaired) electrons. The number of nitrogens with zero attached hydrogens (tertiary/aromatic N) is 2. The molecule has 1 aliphatic rings. The monoisotopic (exact) mass is 296 g/mol. The van der Waals surface area contributed by atoms with Crippen LogP contribution in [0.5, 0.6) is 5.75 Å². The molecule has 5 heteroatoms. The van der Waals surface area contributed by atoms with Crippen molar-refractivity contribution in [3.05, 3.63) is 54.6 Å². The number of ether oxygens (including phenoxy) is 1. The molecule has 1 aliphatic heterocycles. The first-order valence-electron chi connectivity index (χ1n) is 6.99. The van der Waals surface area contributed by atoms with Gasteiger partial charge in [0.05, 0.1) is 12.8 Å². The molecule has 1 fully saturated rings. The molecule has 5 nitrogen and oxygen atoms in total. The average molecular weight is 296 g/mol. The highest BCUT2D eigenvalue weighted by Gasteiger charge is 2.44. The van der Waals surface area contributed by atoms with Crippen LogP contribution in [0.3, 0.4) is 0 Å². The van der Waals surface area contributed by atoms with Gasteiger partial charge in [-0.3, -0.25) is 9.69 Å². The highest BCUT2D eigenvalue weighted by atomic mass is 16.5. The molecule has 0 aliphatic carbocycles. The van der Waals surface area contributed by atoms with Crippen molar-refractivity contribution >= 4 is 23.3 Å². The normalized spacial score (nSPS) is 18.0. The molecule has 0 spiro atoms. The van der Waals surface area contributed by atoms with E-state index in [-0.39, 0.29) is 11.9 Å². The Morgan fingerprint density at radius 1 is 0.909 bits per heavy atom. The third kappa shape index (κ3) is 2.20. The van der Waals surface area contributed by atoms with Gasteiger partial charge < -0.3 is 4.74 Å². The van der Waals surface area contributed by atoms with E-state index >= 15 is 0 Å². The van der Waals surface area contributed by atoms with Crippen molar-refractivity contribution in [2.45, 2.75) is 13.0 Å². The lowest BCUT2D eigenvalue weighted by molar-refractivity contribution is -0.117. The third-order valence-electron chi connectivity index (χ3n) is 3.73. The van der Waals surface area contributed by atoms with E-state index in [0.29, 0.717) is 17.1 Å². The minimum Gasteiger partial charge on any atom is -0.497 e. The Morgan fingerprint density at radius 2 is 1.55 bits per heavy atom. The lowest BCUT2D eigenvalue weighted by Gasteiger charge is -2.19. The number of imide groups is 1. The minimum atomic E-state index is -0.541. The second-order valence-electron chi connectivity index (χ2n) is 5.04. The van der Waals surface area contributed by atoms with Crippen molar-refractivity contribution in [2.75, 3.05) is 16.9 Å². The summed E-state index contributed by atoms with van der Waals surface area (Å²) in [5.41, 5.74) is 1.26. The summed E-state index contributed by atoms with van der Waals surface area (Å²) in [7, 11) is 1.58. The number of amides is 3. The number of para-hydroxylation sites is 1. The van der Waals surface area contributed by atoms with Gasteiger partial charge in [-0.2, -0.15) is 0 Å². The maximum absolute atomic E-state index is 12.7. The van der Waals surface area contributed by atoms with E-state index in [9.17, 15) is 9.59 Å². The largest absolute Gasteiger partial charge is 0.497 e. The number of rotatable bonds is 3. The number of carbonyl (C=O) groups is 2. The van der Waals surface area contributed by atoms with Crippen molar-refractivity contribution in [2.24, 2.45) is 0 Å². The van der Waals surface area contributed by atoms with Gasteiger partial charge in [-0.25, -0.2) is 9.69 Å². The van der Waals surface area contributed by atoms with E-state index in [1.807, 2.05) is 6.07 Å². The first-order chi connectivity index (χ1) is 10.6. The molecule has 0 bridgehead atoms. The minimum absolute atomic E-state index is 0.230. The lowest BCUT2D eigenvalue weighted by Crippen LogP contribution is -2.33. The van der Waals surface area contributed by atoms with E-state index < -0.39 is 6.04 Å². The molecule has 1 atom stereocenters. The van der Waals surface area contributed by atoms with E-state index in [4.69, 9.17) is 4.74 Å². The Morgan fingerprint density at radius 3 is 2.14 bits per heavy atom. The van der Waals surface area contributed by atoms with Crippen LogP contribution < -0.4 is 14.5 Å². The average Bonchev–Trinajstić information content (AvgIpc) is 2.78. The third-order valence-corrected chi connectivity index (χ3v) is 3.73. The number of methoxy groups -OCH3 is 1. The van der Waals surface area contributed by atoms with Gasteiger partial charge in [-0.05, 0) is 43.3 Å². The van der Waals surface area contributed by atoms with Crippen LogP contribution >= 0.6 is 0 Å². The quantitative estimate of drug-likeness (QED) is 0.818. The second-order valence-corrected chi connectivity index (χ2v) is 5.04. The highest BCUT2D eigenvalue weighted by Crippen LogP contribution is 2.30. The molecule has 0 saturated carbocycles. The maximum Gasteiger partial charge on any atom is 0.336 e. The van der Waals surface area contributed by atoms with E-state index in [2.05, 4.69) is 0 Å². The Kier molecular flexibility index (Phi) is 3.55. The van der Waals surface area contributed by atoms with Crippen molar-refractivity contribution in [3.8, 4) is 5.75 Å². The van der Waals surface area contributed by atoms with Gasteiger partial charge in [0.25, 0.3) is 5.91 Å². The Balaban J connectivity index is 1.96. The molecule has 0 unspecified atom stereocenters. The van der Waals surface area contributed by atoms with Gasteiger partial charge >= 0.3 is 6.03 Å². The number of benzene rings is 2. The predicted molar refractivity (Wildman–Crippen MR) is 84.3 cm³/mol. The molecule has 2 aromatic rings. The first-order valence-corrected chi connectivity index (χ1v) is 6.99. The zero-order valence-electron chi connectivity index (χ0n) is 12.4. The molecule has 0 aromatic heterocycles. The number of hydrogen-bond acceptors (Lipinski definition) is 3. The topological polar surface area (TPSA) is 49.9 Å². The van der Waals surface area contributed by atoms with Gasteiger partial charge in [0.2, 0.25) is 0 Å². The smallest absolute Gasteiger partial charge is 0.336 e. The Labute approximate surface area is 128 Å². The van der Waals surface area contributed by atoms with Crippen molar-refractivity contribution in [1.82, 2.24) is 0 Å². The molecule has 0 N–H and O–H groups in total. The molecule has 112 valence electrons. The summed E-state index contributed by atoms with van der Waals surface area (Å²) in [6.45, 7) is 1.73. The molecule has 3 rings (SSSR count). The summed E-state index contributed by atoms with van der Waals surface area (Å²) < 4.78 is 5.12. The molecule has 1 heterocycles. The maximum atomic E-state index is 12.7. The molecule has 22 heavy (non-hydrogen) atoms. The van der Waals surface area contributed by atoms with E-state index in [0.717, 1.165) is 0 Å². The number of hydrogen-bond donors (Lipinski definition) is 0. The number of anilines is 2. The fourth-order valence-corrected chi connectivity index (χ4v) is 2.56. The van der Waals surface area contributed by atoms with Crippen molar-refractivity contribution < 1.29 is 14.3 Å². The van der Waals surface area contributed by atoms with Gasteiger partial charge in [0.15, 0.2) is 0 Å². The van der Waals surface area contributed by atoms with Crippen molar-refractivity contribution in [3.63, 3.8) is 0 Å². The molecule has 2 aromatic carbocycles. The summed E-state index contributed by atoms with van der Waals surface area (Å²) in [5.74, 6) is 0.473. The van der Waals surface area contributed by atoms with Gasteiger partial charge in [-0.15, -0.1) is 0 Å². The predicted octanol–water partition coefficient (Wildman–Crippen LogP) is 3.06. The summed E-state index contributed by atoms with van der Waals surface area (Å²) in [6, 6.07) is 15.2. The fraction of sp³-hybridized carbons (Fsp3) is 0.176. The lowest BCUT2D eigenvalue weighted by atomic mass is 10.2. The molecule has 1 saturated heterocycles. The van der Waals surface area contributed by atoms with E-state index in [1.54, 1.807) is 62.6 Å². The molecule has 3 amide bonds. The van der Waals surface area contributed by atoms with Gasteiger partial charge in [0, 0.05) is 5.69 Å². The van der Waals surface area contributed by atoms with Crippen molar-refractivity contribution in [1.29, 1.82) is 0 Å². The van der Waals surface area contributed by atoms with Gasteiger partial charge in [0.1, 0.15) is 11.8 Å². The summed E-state index contributed by atoms with van der Waals surface area (Å²) in [4.78, 5) is 27.9. The Bertz CT molecular complexity index is 698. The standard InChI is InChI=1S/C17H16N2O3/c1-12-16(20)19(13-6-4-3-5-7-13)17(21)18(12)14-8-10-15(22-2)11-9-14/h3-12H,1-2H3/t12-/m0/s1. The zero-order valence-corrected chi connectivity index (χ0v) is 12.4. The van der Waals surface area contributed by atoms with Crippen LogP contribution in [0.1, 0.15) is 6.92 Å². The SMILES string of the molecule is COc1ccc(N2C(=O)N(c3ccccc3)C(=O)[C@@H]2C)cc1. The number of carbonyl (C=O) groups excluding carboxylic acids is 2. The van der Waals surface area contributed by atoms with Crippen LogP contribution in [0.4, 0.5) is 16.2 Å². The van der Waals surface area contributed by atoms with Crippen LogP contribution in [0.2, 0.25) is 0 Å². The molecular formula is C17H16N2O3. The van der Waals surface area contributed by atoms with Crippen LogP contribution in [0.15, 0.2) is 54.6 Å². The zero-order chi connectivity index (χ0) is 15.7. The van der Waals surface area contributed by atoms with Gasteiger partial charge in [-0.1, -0.05) is 18.2 Å². The second kappa shape index (κ2) is 5.52. The van der Waals surface area contributed by atoms with Crippen LogP contribution in [-0.2, 0) is 4.79 Å². The van der Waals surface area contributed by atoms with Crippen LogP contribution in [0, 0.1) is 0 Å². The molecular weight excluding hydrogens is 280 g/mol. The summed E-state index contributed by atoms with van der Waals surface area (Å²) in [5, 5.41) is 0.